The lowest BCUT2D eigenvalue weighted by Gasteiger charge is -2.18. The summed E-state index contributed by atoms with van der Waals surface area (Å²) in [5.74, 6) is 0.802. The molecule has 5 heteroatoms. The highest BCUT2D eigenvalue weighted by Gasteiger charge is 2.14. The van der Waals surface area contributed by atoms with Crippen molar-refractivity contribution >= 4 is 5.91 Å². The number of hydrogen-bond donors (Lipinski definition) is 1. The molecule has 3 rings (SSSR count). The van der Waals surface area contributed by atoms with Gasteiger partial charge in [-0.2, -0.15) is 5.10 Å². The molecule has 0 aliphatic carbocycles. The predicted molar refractivity (Wildman–Crippen MR) is 106 cm³/mol. The van der Waals surface area contributed by atoms with Crippen molar-refractivity contribution in [1.82, 2.24) is 15.1 Å². The van der Waals surface area contributed by atoms with Crippen LogP contribution >= 0.6 is 0 Å². The average molecular weight is 363 g/mol. The molecule has 0 saturated heterocycles. The van der Waals surface area contributed by atoms with E-state index in [1.54, 1.807) is 7.11 Å². The Balaban J connectivity index is 1.57. The number of aromatic nitrogens is 2. The maximum atomic E-state index is 12.4. The van der Waals surface area contributed by atoms with Crippen LogP contribution in [-0.4, -0.2) is 22.8 Å². The second-order valence-electron chi connectivity index (χ2n) is 6.66. The largest absolute Gasteiger partial charge is 0.496 e. The molecule has 27 heavy (non-hydrogen) atoms. The molecule has 1 heterocycles. The molecule has 3 aromatic rings. The maximum absolute atomic E-state index is 12.4. The van der Waals surface area contributed by atoms with Gasteiger partial charge in [-0.15, -0.1) is 0 Å². The minimum absolute atomic E-state index is 0.0125. The number of methoxy groups -OCH3 is 1. The van der Waals surface area contributed by atoms with Gasteiger partial charge in [0.15, 0.2) is 0 Å². The van der Waals surface area contributed by atoms with Gasteiger partial charge in [0.25, 0.3) is 0 Å². The van der Waals surface area contributed by atoms with Gasteiger partial charge in [0, 0.05) is 18.2 Å². The van der Waals surface area contributed by atoms with Crippen LogP contribution in [0.15, 0.2) is 60.9 Å². The Morgan fingerprint density at radius 2 is 2.00 bits per heavy atom. The summed E-state index contributed by atoms with van der Waals surface area (Å²) in [6, 6.07) is 15.8. The van der Waals surface area contributed by atoms with Crippen LogP contribution in [0.4, 0.5) is 0 Å². The van der Waals surface area contributed by atoms with Crippen molar-refractivity contribution in [2.24, 2.45) is 0 Å². The summed E-state index contributed by atoms with van der Waals surface area (Å²) >= 11 is 0. The quantitative estimate of drug-likeness (QED) is 0.690. The van der Waals surface area contributed by atoms with Crippen LogP contribution in [0.3, 0.4) is 0 Å². The van der Waals surface area contributed by atoms with E-state index < -0.39 is 0 Å². The molecule has 5 nitrogen and oxygen atoms in total. The summed E-state index contributed by atoms with van der Waals surface area (Å²) in [4.78, 5) is 12.4. The fourth-order valence-corrected chi connectivity index (χ4v) is 3.05. The third-order valence-corrected chi connectivity index (χ3v) is 4.53. The molecule has 1 amide bonds. The second-order valence-corrected chi connectivity index (χ2v) is 6.66. The number of para-hydroxylation sites is 1. The number of amides is 1. The van der Waals surface area contributed by atoms with Crippen molar-refractivity contribution in [1.29, 1.82) is 0 Å². The van der Waals surface area contributed by atoms with Gasteiger partial charge in [-0.1, -0.05) is 35.9 Å². The first-order valence-corrected chi connectivity index (χ1v) is 9.09. The van der Waals surface area contributed by atoms with Gasteiger partial charge in [0.1, 0.15) is 5.75 Å². The van der Waals surface area contributed by atoms with E-state index in [9.17, 15) is 4.79 Å². The molecule has 0 saturated carbocycles. The molecule has 1 unspecified atom stereocenters. The Morgan fingerprint density at radius 3 is 2.74 bits per heavy atom. The van der Waals surface area contributed by atoms with Crippen LogP contribution in [-0.2, 0) is 11.2 Å². The number of carbonyl (C=O) groups excluding carboxylic acids is 1. The Kier molecular flexibility index (Phi) is 5.91. The van der Waals surface area contributed by atoms with E-state index in [-0.39, 0.29) is 11.9 Å². The minimum Gasteiger partial charge on any atom is -0.496 e. The molecule has 0 spiro atoms. The van der Waals surface area contributed by atoms with Gasteiger partial charge in [-0.3, -0.25) is 4.79 Å². The standard InChI is InChI=1S/C22H25N3O2/c1-16-9-11-21(27-3)20(13-16)17(2)24-22(26)12-10-18-14-23-25(15-18)19-7-5-4-6-8-19/h4-9,11,13-15,17H,10,12H2,1-3H3,(H,24,26). The third-order valence-electron chi connectivity index (χ3n) is 4.53. The van der Waals surface area contributed by atoms with Gasteiger partial charge in [-0.25, -0.2) is 4.68 Å². The molecule has 1 N–H and O–H groups in total. The second kappa shape index (κ2) is 8.54. The minimum atomic E-state index is -0.112. The molecule has 0 aliphatic heterocycles. The molecular formula is C22H25N3O2. The van der Waals surface area contributed by atoms with Crippen molar-refractivity contribution in [2.75, 3.05) is 7.11 Å². The summed E-state index contributed by atoms with van der Waals surface area (Å²) in [6.07, 6.45) is 4.85. The zero-order chi connectivity index (χ0) is 19.2. The monoisotopic (exact) mass is 363 g/mol. The molecule has 1 atom stereocenters. The van der Waals surface area contributed by atoms with E-state index in [0.717, 1.165) is 28.1 Å². The topological polar surface area (TPSA) is 56.1 Å². The summed E-state index contributed by atoms with van der Waals surface area (Å²) in [7, 11) is 1.65. The van der Waals surface area contributed by atoms with E-state index in [1.807, 2.05) is 79.5 Å². The van der Waals surface area contributed by atoms with Gasteiger partial charge in [0.05, 0.1) is 25.0 Å². The number of aryl methyl sites for hydroxylation is 2. The number of ether oxygens (including phenoxy) is 1. The normalized spacial score (nSPS) is 11.8. The number of carbonyl (C=O) groups is 1. The molecule has 140 valence electrons. The van der Waals surface area contributed by atoms with Gasteiger partial charge >= 0.3 is 0 Å². The van der Waals surface area contributed by atoms with Crippen LogP contribution in [0.5, 0.6) is 5.75 Å². The Bertz CT molecular complexity index is 903. The van der Waals surface area contributed by atoms with E-state index in [4.69, 9.17) is 4.74 Å². The summed E-state index contributed by atoms with van der Waals surface area (Å²) in [5, 5.41) is 7.43. The highest BCUT2D eigenvalue weighted by molar-refractivity contribution is 5.76. The Morgan fingerprint density at radius 1 is 1.22 bits per heavy atom. The van der Waals surface area contributed by atoms with E-state index in [1.165, 1.54) is 0 Å². The zero-order valence-electron chi connectivity index (χ0n) is 16.0. The van der Waals surface area contributed by atoms with Crippen LogP contribution < -0.4 is 10.1 Å². The lowest BCUT2D eigenvalue weighted by atomic mass is 10.0. The van der Waals surface area contributed by atoms with E-state index in [0.29, 0.717) is 12.8 Å². The summed E-state index contributed by atoms with van der Waals surface area (Å²) in [6.45, 7) is 4.00. The number of rotatable bonds is 7. The SMILES string of the molecule is COc1ccc(C)cc1C(C)NC(=O)CCc1cnn(-c2ccccc2)c1. The Hall–Kier alpha value is -3.08. The van der Waals surface area contributed by atoms with Crippen molar-refractivity contribution in [3.05, 3.63) is 77.6 Å². The highest BCUT2D eigenvalue weighted by atomic mass is 16.5. The van der Waals surface area contributed by atoms with Crippen molar-refractivity contribution in [3.8, 4) is 11.4 Å². The maximum Gasteiger partial charge on any atom is 0.220 e. The van der Waals surface area contributed by atoms with E-state index >= 15 is 0 Å². The molecule has 0 aliphatic rings. The third kappa shape index (κ3) is 4.76. The molecule has 1 aromatic heterocycles. The zero-order valence-corrected chi connectivity index (χ0v) is 16.0. The summed E-state index contributed by atoms with van der Waals surface area (Å²) < 4.78 is 7.24. The number of nitrogens with zero attached hydrogens (tertiary/aromatic N) is 2. The molecule has 0 fully saturated rings. The van der Waals surface area contributed by atoms with Gasteiger partial charge in [-0.05, 0) is 44.0 Å². The fourth-order valence-electron chi connectivity index (χ4n) is 3.05. The molecule has 0 radical (unpaired) electrons. The first-order valence-electron chi connectivity index (χ1n) is 9.09. The van der Waals surface area contributed by atoms with Gasteiger partial charge in [0.2, 0.25) is 5.91 Å². The number of benzene rings is 2. The highest BCUT2D eigenvalue weighted by Crippen LogP contribution is 2.26. The van der Waals surface area contributed by atoms with Crippen LogP contribution in [0, 0.1) is 6.92 Å². The predicted octanol–water partition coefficient (Wildman–Crippen LogP) is 4.00. The van der Waals surface area contributed by atoms with Crippen molar-refractivity contribution < 1.29 is 9.53 Å². The van der Waals surface area contributed by atoms with Crippen LogP contribution in [0.25, 0.3) is 5.69 Å². The van der Waals surface area contributed by atoms with Crippen LogP contribution in [0.1, 0.15) is 36.1 Å². The average Bonchev–Trinajstić information content (AvgIpc) is 3.16. The van der Waals surface area contributed by atoms with E-state index in [2.05, 4.69) is 10.4 Å². The van der Waals surface area contributed by atoms with Crippen LogP contribution in [0.2, 0.25) is 0 Å². The smallest absolute Gasteiger partial charge is 0.220 e. The first-order chi connectivity index (χ1) is 13.1. The molecule has 2 aromatic carbocycles. The fraction of sp³-hybridized carbons (Fsp3) is 0.273. The number of hydrogen-bond acceptors (Lipinski definition) is 3. The Labute approximate surface area is 160 Å². The van der Waals surface area contributed by atoms with Crippen molar-refractivity contribution in [2.45, 2.75) is 32.7 Å². The lowest BCUT2D eigenvalue weighted by Crippen LogP contribution is -2.27. The first kappa shape index (κ1) is 18.7. The molecule has 0 bridgehead atoms. The number of nitrogens with one attached hydrogen (secondary N) is 1. The summed E-state index contributed by atoms with van der Waals surface area (Å²) in [5.41, 5.74) is 4.17. The molecular weight excluding hydrogens is 338 g/mol. The van der Waals surface area contributed by atoms with Gasteiger partial charge < -0.3 is 10.1 Å². The lowest BCUT2D eigenvalue weighted by molar-refractivity contribution is -0.121. The van der Waals surface area contributed by atoms with Crippen molar-refractivity contribution in [3.63, 3.8) is 0 Å².